The molecule has 3 rings (SSSR count). The molecule has 0 unspecified atom stereocenters. The van der Waals surface area contributed by atoms with Crippen LogP contribution in [0.3, 0.4) is 0 Å². The van der Waals surface area contributed by atoms with Crippen LogP contribution in [0.5, 0.6) is 0 Å². The maximum absolute atomic E-state index is 13.2. The summed E-state index contributed by atoms with van der Waals surface area (Å²) < 4.78 is 33.9. The normalized spacial score (nSPS) is 14.1. The van der Waals surface area contributed by atoms with Crippen LogP contribution < -0.4 is 4.72 Å². The van der Waals surface area contributed by atoms with Crippen molar-refractivity contribution in [2.45, 2.75) is 37.0 Å². The zero-order valence-corrected chi connectivity index (χ0v) is 19.4. The van der Waals surface area contributed by atoms with E-state index < -0.39 is 32.6 Å². The lowest BCUT2D eigenvalue weighted by molar-refractivity contribution is -0.384. The molecular formula is C24H24N2O7S. The van der Waals surface area contributed by atoms with Crippen molar-refractivity contribution < 1.29 is 28.0 Å². The summed E-state index contributed by atoms with van der Waals surface area (Å²) in [5.74, 6) is -1.02. The van der Waals surface area contributed by atoms with Gasteiger partial charge in [-0.15, -0.1) is 0 Å². The van der Waals surface area contributed by atoms with Crippen LogP contribution in [0, 0.1) is 17.0 Å². The molecule has 2 N–H and O–H groups in total. The van der Waals surface area contributed by atoms with Gasteiger partial charge in [0, 0.05) is 12.1 Å². The number of rotatable bonds is 9. The standard InChI is InChI=1S/C24H24N2O7S/c1-17-8-14-21(15-9-17)34(31,32)25-24(2,23(28)33-16-18-6-4-3-5-7-18)22(27)19-10-12-20(13-11-19)26(29)30/h3-15,22,25,27H,16H2,1-2H3/t22-,24-/m0/s1. The molecule has 2 atom stereocenters. The first-order chi connectivity index (χ1) is 16.0. The van der Waals surface area contributed by atoms with Gasteiger partial charge < -0.3 is 9.84 Å². The van der Waals surface area contributed by atoms with Crippen molar-refractivity contribution in [2.75, 3.05) is 0 Å². The number of benzene rings is 3. The summed E-state index contributed by atoms with van der Waals surface area (Å²) in [4.78, 5) is 23.4. The third kappa shape index (κ3) is 5.66. The molecule has 0 saturated heterocycles. The number of esters is 1. The zero-order valence-electron chi connectivity index (χ0n) is 18.5. The number of nitrogens with zero attached hydrogens (tertiary/aromatic N) is 1. The molecule has 0 fully saturated rings. The van der Waals surface area contributed by atoms with Crippen molar-refractivity contribution in [3.63, 3.8) is 0 Å². The predicted molar refractivity (Wildman–Crippen MR) is 124 cm³/mol. The molecule has 0 aromatic heterocycles. The second-order valence-electron chi connectivity index (χ2n) is 7.93. The molecule has 0 bridgehead atoms. The van der Waals surface area contributed by atoms with Crippen LogP contribution in [0.15, 0.2) is 83.8 Å². The summed E-state index contributed by atoms with van der Waals surface area (Å²) in [5.41, 5.74) is -0.755. The number of carbonyl (C=O) groups excluding carboxylic acids is 1. The van der Waals surface area contributed by atoms with Gasteiger partial charge in [0.15, 0.2) is 5.54 Å². The quantitative estimate of drug-likeness (QED) is 0.270. The third-order valence-electron chi connectivity index (χ3n) is 5.28. The van der Waals surface area contributed by atoms with Crippen LogP contribution in [0.4, 0.5) is 5.69 Å². The Kier molecular flexibility index (Phi) is 7.45. The Bertz CT molecular complexity index is 1260. The van der Waals surface area contributed by atoms with E-state index in [1.165, 1.54) is 31.2 Å². The minimum atomic E-state index is -4.26. The number of aliphatic hydroxyl groups excluding tert-OH is 1. The lowest BCUT2D eigenvalue weighted by Crippen LogP contribution is -2.56. The first kappa shape index (κ1) is 25.0. The van der Waals surface area contributed by atoms with Crippen LogP contribution in [0.25, 0.3) is 0 Å². The van der Waals surface area contributed by atoms with E-state index in [0.717, 1.165) is 17.7 Å². The maximum Gasteiger partial charge on any atom is 0.330 e. The topological polar surface area (TPSA) is 136 Å². The van der Waals surface area contributed by atoms with Crippen molar-refractivity contribution in [2.24, 2.45) is 0 Å². The highest BCUT2D eigenvalue weighted by atomic mass is 32.2. The number of sulfonamides is 1. The Balaban J connectivity index is 1.96. The van der Waals surface area contributed by atoms with Gasteiger partial charge in [0.2, 0.25) is 10.0 Å². The fraction of sp³-hybridized carbons (Fsp3) is 0.208. The smallest absolute Gasteiger partial charge is 0.330 e. The molecule has 0 saturated carbocycles. The number of aryl methyl sites for hydroxylation is 1. The number of carbonyl (C=O) groups is 1. The largest absolute Gasteiger partial charge is 0.459 e. The Morgan fingerprint density at radius 3 is 2.21 bits per heavy atom. The number of aliphatic hydroxyl groups is 1. The van der Waals surface area contributed by atoms with E-state index in [0.29, 0.717) is 5.56 Å². The van der Waals surface area contributed by atoms with Gasteiger partial charge in [0.1, 0.15) is 12.7 Å². The molecule has 0 amide bonds. The number of ether oxygens (including phenoxy) is 1. The van der Waals surface area contributed by atoms with E-state index in [4.69, 9.17) is 4.74 Å². The van der Waals surface area contributed by atoms with Crippen LogP contribution in [0.2, 0.25) is 0 Å². The van der Waals surface area contributed by atoms with Crippen molar-refractivity contribution >= 4 is 21.7 Å². The van der Waals surface area contributed by atoms with Crippen LogP contribution in [-0.4, -0.2) is 30.0 Å². The lowest BCUT2D eigenvalue weighted by Gasteiger charge is -2.33. The molecule has 0 heterocycles. The summed E-state index contributed by atoms with van der Waals surface area (Å²) in [6.07, 6.45) is -1.71. The summed E-state index contributed by atoms with van der Waals surface area (Å²) >= 11 is 0. The van der Waals surface area contributed by atoms with Gasteiger partial charge in [-0.3, -0.25) is 10.1 Å². The molecule has 10 heteroatoms. The van der Waals surface area contributed by atoms with E-state index in [1.54, 1.807) is 49.4 Å². The van der Waals surface area contributed by atoms with Gasteiger partial charge in [-0.25, -0.2) is 13.2 Å². The fourth-order valence-electron chi connectivity index (χ4n) is 3.25. The van der Waals surface area contributed by atoms with E-state index in [1.807, 2.05) is 0 Å². The van der Waals surface area contributed by atoms with Crippen molar-refractivity contribution in [1.82, 2.24) is 4.72 Å². The first-order valence-corrected chi connectivity index (χ1v) is 11.8. The molecule has 9 nitrogen and oxygen atoms in total. The minimum absolute atomic E-state index is 0.0939. The van der Waals surface area contributed by atoms with Crippen molar-refractivity contribution in [3.05, 3.63) is 106 Å². The number of hydrogen-bond donors (Lipinski definition) is 2. The summed E-state index contributed by atoms with van der Waals surface area (Å²) in [5, 5.41) is 22.0. The highest BCUT2D eigenvalue weighted by molar-refractivity contribution is 7.89. The van der Waals surface area contributed by atoms with E-state index in [-0.39, 0.29) is 22.8 Å². The van der Waals surface area contributed by atoms with Gasteiger partial charge in [0.05, 0.1) is 9.82 Å². The Labute approximate surface area is 197 Å². The third-order valence-corrected chi connectivity index (χ3v) is 6.87. The average Bonchev–Trinajstić information content (AvgIpc) is 2.82. The van der Waals surface area contributed by atoms with Crippen LogP contribution >= 0.6 is 0 Å². The van der Waals surface area contributed by atoms with Gasteiger partial charge >= 0.3 is 5.97 Å². The highest BCUT2D eigenvalue weighted by Crippen LogP contribution is 2.31. The second-order valence-corrected chi connectivity index (χ2v) is 9.62. The summed E-state index contributed by atoms with van der Waals surface area (Å²) in [6, 6.07) is 19.6. The van der Waals surface area contributed by atoms with Gasteiger partial charge in [-0.2, -0.15) is 4.72 Å². The first-order valence-electron chi connectivity index (χ1n) is 10.3. The molecule has 34 heavy (non-hydrogen) atoms. The second kappa shape index (κ2) is 10.1. The number of non-ortho nitro benzene ring substituents is 1. The summed E-state index contributed by atoms with van der Waals surface area (Å²) in [6.45, 7) is 2.86. The number of nitro groups is 1. The molecule has 0 aliphatic carbocycles. The Morgan fingerprint density at radius 1 is 1.06 bits per heavy atom. The van der Waals surface area contributed by atoms with Crippen molar-refractivity contribution in [3.8, 4) is 0 Å². The lowest BCUT2D eigenvalue weighted by atomic mass is 9.90. The van der Waals surface area contributed by atoms with Crippen LogP contribution in [-0.2, 0) is 26.2 Å². The maximum atomic E-state index is 13.2. The minimum Gasteiger partial charge on any atom is -0.459 e. The zero-order chi connectivity index (χ0) is 24.9. The van der Waals surface area contributed by atoms with Gasteiger partial charge in [-0.1, -0.05) is 48.0 Å². The van der Waals surface area contributed by atoms with Gasteiger partial charge in [0.25, 0.3) is 5.69 Å². The highest BCUT2D eigenvalue weighted by Gasteiger charge is 2.46. The Hall–Kier alpha value is -3.60. The monoisotopic (exact) mass is 484 g/mol. The number of nitro benzene ring substituents is 1. The molecule has 3 aromatic carbocycles. The predicted octanol–water partition coefficient (Wildman–Crippen LogP) is 3.42. The molecule has 0 radical (unpaired) electrons. The number of hydrogen-bond acceptors (Lipinski definition) is 7. The summed E-state index contributed by atoms with van der Waals surface area (Å²) in [7, 11) is -4.26. The van der Waals surface area contributed by atoms with E-state index in [2.05, 4.69) is 4.72 Å². The molecule has 0 aliphatic rings. The van der Waals surface area contributed by atoms with E-state index >= 15 is 0 Å². The molecule has 3 aromatic rings. The SMILES string of the molecule is Cc1ccc(S(=O)(=O)N[C@](C)(C(=O)OCc2ccccc2)[C@@H](O)c2ccc([N+](=O)[O-])cc2)cc1. The fourth-order valence-corrected chi connectivity index (χ4v) is 4.61. The molecule has 178 valence electrons. The van der Waals surface area contributed by atoms with Crippen LogP contribution in [0.1, 0.15) is 29.7 Å². The van der Waals surface area contributed by atoms with Crippen molar-refractivity contribution in [1.29, 1.82) is 0 Å². The Morgan fingerprint density at radius 2 is 1.65 bits per heavy atom. The average molecular weight is 485 g/mol. The molecule has 0 spiro atoms. The molecular weight excluding hydrogens is 460 g/mol. The van der Waals surface area contributed by atoms with Gasteiger partial charge in [-0.05, 0) is 49.2 Å². The van der Waals surface area contributed by atoms with E-state index in [9.17, 15) is 28.4 Å². The number of nitrogens with one attached hydrogen (secondary N) is 1. The molecule has 0 aliphatic heterocycles.